The van der Waals surface area contributed by atoms with Crippen molar-refractivity contribution < 1.29 is 13.2 Å². The predicted molar refractivity (Wildman–Crippen MR) is 64.2 cm³/mol. The van der Waals surface area contributed by atoms with Crippen LogP contribution >= 0.6 is 24.0 Å². The monoisotopic (exact) mass is 263 g/mol. The Morgan fingerprint density at radius 1 is 1.38 bits per heavy atom. The lowest BCUT2D eigenvalue weighted by molar-refractivity contribution is -0.0328. The number of alkyl halides is 3. The molecule has 0 spiro atoms. The number of benzene rings is 1. The minimum absolute atomic E-state index is 0.126. The topological polar surface area (TPSA) is 12.4 Å². The third-order valence-corrected chi connectivity index (χ3v) is 2.41. The molecule has 0 radical (unpaired) electrons. The molecular weight excluding hydrogens is 255 g/mol. The van der Waals surface area contributed by atoms with Gasteiger partial charge in [-0.3, -0.25) is 4.99 Å². The molecule has 6 heteroatoms. The zero-order valence-electron chi connectivity index (χ0n) is 8.07. The van der Waals surface area contributed by atoms with Gasteiger partial charge in [-0.15, -0.1) is 0 Å². The molecule has 0 atom stereocenters. The van der Waals surface area contributed by atoms with E-state index >= 15 is 0 Å². The minimum atomic E-state index is -4.25. The van der Waals surface area contributed by atoms with Crippen molar-refractivity contribution >= 4 is 35.6 Å². The number of thiocarbonyl (C=S) groups is 1. The number of nitrogens with zero attached hydrogens (tertiary/aromatic N) is 1. The molecule has 0 saturated heterocycles. The van der Waals surface area contributed by atoms with Gasteiger partial charge in [0.25, 0.3) is 0 Å². The van der Waals surface area contributed by atoms with Crippen LogP contribution in [0.1, 0.15) is 5.56 Å². The lowest BCUT2D eigenvalue weighted by Crippen LogP contribution is -1.99. The number of halogens is 3. The number of hydrogen-bond donors (Lipinski definition) is 0. The summed E-state index contributed by atoms with van der Waals surface area (Å²) in [5, 5.41) is 1.36. The van der Waals surface area contributed by atoms with Gasteiger partial charge in [0, 0.05) is 16.5 Å². The van der Waals surface area contributed by atoms with Crippen LogP contribution < -0.4 is 0 Å². The van der Waals surface area contributed by atoms with E-state index in [0.29, 0.717) is 6.54 Å². The standard InChI is InChI=1S/C10H8F3NS2/c11-10(12,13)16-9-3-1-2-8(6-9)7-14-4-5-15/h1-6H,7H2. The van der Waals surface area contributed by atoms with E-state index in [0.717, 1.165) is 5.56 Å². The molecule has 0 N–H and O–H groups in total. The molecule has 0 unspecified atom stereocenters. The van der Waals surface area contributed by atoms with E-state index in [1.54, 1.807) is 12.1 Å². The van der Waals surface area contributed by atoms with E-state index in [-0.39, 0.29) is 16.7 Å². The van der Waals surface area contributed by atoms with Crippen molar-refractivity contribution in [3.8, 4) is 0 Å². The van der Waals surface area contributed by atoms with Crippen LogP contribution in [0.25, 0.3) is 0 Å². The number of rotatable bonds is 4. The maximum atomic E-state index is 12.1. The third kappa shape index (κ3) is 5.27. The van der Waals surface area contributed by atoms with Crippen molar-refractivity contribution in [1.82, 2.24) is 0 Å². The molecule has 0 amide bonds. The summed E-state index contributed by atoms with van der Waals surface area (Å²) in [6.45, 7) is 0.333. The van der Waals surface area contributed by atoms with Crippen LogP contribution in [0.4, 0.5) is 13.2 Å². The van der Waals surface area contributed by atoms with Crippen molar-refractivity contribution in [2.24, 2.45) is 4.99 Å². The summed E-state index contributed by atoms with van der Waals surface area (Å²) >= 11 is 4.41. The summed E-state index contributed by atoms with van der Waals surface area (Å²) in [5.74, 6) is 0. The fourth-order valence-electron chi connectivity index (χ4n) is 1.04. The smallest absolute Gasteiger partial charge is 0.288 e. The summed E-state index contributed by atoms with van der Waals surface area (Å²) in [7, 11) is 0. The molecule has 1 aromatic rings. The molecule has 0 fully saturated rings. The number of thioether (sulfide) groups is 1. The van der Waals surface area contributed by atoms with Gasteiger partial charge in [-0.1, -0.05) is 24.4 Å². The van der Waals surface area contributed by atoms with Gasteiger partial charge in [0.05, 0.1) is 6.54 Å². The Morgan fingerprint density at radius 2 is 2.12 bits per heavy atom. The van der Waals surface area contributed by atoms with E-state index in [4.69, 9.17) is 0 Å². The molecule has 16 heavy (non-hydrogen) atoms. The molecule has 0 aliphatic heterocycles. The van der Waals surface area contributed by atoms with Crippen molar-refractivity contribution in [3.05, 3.63) is 29.8 Å². The summed E-state index contributed by atoms with van der Waals surface area (Å²) in [5.41, 5.74) is -3.53. The third-order valence-electron chi connectivity index (χ3n) is 1.57. The lowest BCUT2D eigenvalue weighted by Gasteiger charge is -2.06. The van der Waals surface area contributed by atoms with E-state index in [9.17, 15) is 13.2 Å². The fourth-order valence-corrected chi connectivity index (χ4v) is 1.75. The summed E-state index contributed by atoms with van der Waals surface area (Å²) in [4.78, 5) is 4.09. The molecule has 0 bridgehead atoms. The predicted octanol–water partition coefficient (Wildman–Crippen LogP) is 3.87. The largest absolute Gasteiger partial charge is 0.446 e. The fraction of sp³-hybridized carbons (Fsp3) is 0.200. The van der Waals surface area contributed by atoms with Crippen LogP contribution in [0.5, 0.6) is 0 Å². The highest BCUT2D eigenvalue weighted by molar-refractivity contribution is 8.00. The van der Waals surface area contributed by atoms with Crippen LogP contribution in [-0.4, -0.2) is 17.1 Å². The molecule has 0 aliphatic carbocycles. The van der Waals surface area contributed by atoms with Gasteiger partial charge in [0.2, 0.25) is 0 Å². The van der Waals surface area contributed by atoms with Crippen LogP contribution in [0.15, 0.2) is 34.2 Å². The molecule has 1 aromatic carbocycles. The molecule has 1 rings (SSSR count). The first-order chi connectivity index (χ1) is 7.51. The van der Waals surface area contributed by atoms with E-state index in [2.05, 4.69) is 17.2 Å². The highest BCUT2D eigenvalue weighted by atomic mass is 32.2. The van der Waals surface area contributed by atoms with Gasteiger partial charge in [-0.25, -0.2) is 0 Å². The average Bonchev–Trinajstić information content (AvgIpc) is 2.16. The van der Waals surface area contributed by atoms with Crippen molar-refractivity contribution in [2.75, 3.05) is 0 Å². The van der Waals surface area contributed by atoms with Crippen molar-refractivity contribution in [3.63, 3.8) is 0 Å². The first kappa shape index (κ1) is 13.2. The molecule has 1 nitrogen and oxygen atoms in total. The van der Waals surface area contributed by atoms with Gasteiger partial charge >= 0.3 is 5.51 Å². The van der Waals surface area contributed by atoms with Crippen molar-refractivity contribution in [2.45, 2.75) is 16.9 Å². The summed E-state index contributed by atoms with van der Waals surface area (Å²) in [6.07, 6.45) is 1.44. The second-order valence-electron chi connectivity index (χ2n) is 2.82. The van der Waals surface area contributed by atoms with Crippen LogP contribution in [0, 0.1) is 0 Å². The maximum absolute atomic E-state index is 12.1. The Bertz CT molecular complexity index is 388. The van der Waals surface area contributed by atoms with Gasteiger partial charge in [0.1, 0.15) is 0 Å². The molecule has 0 aliphatic rings. The molecule has 86 valence electrons. The van der Waals surface area contributed by atoms with Gasteiger partial charge in [0.15, 0.2) is 0 Å². The normalized spacial score (nSPS) is 11.9. The Hall–Kier alpha value is -0.880. The summed E-state index contributed by atoms with van der Waals surface area (Å²) < 4.78 is 36.3. The van der Waals surface area contributed by atoms with Gasteiger partial charge in [-0.2, -0.15) is 13.2 Å². The average molecular weight is 263 g/mol. The Labute approximate surface area is 101 Å². The first-order valence-corrected chi connectivity index (χ1v) is 5.58. The highest BCUT2D eigenvalue weighted by Crippen LogP contribution is 2.36. The minimum Gasteiger partial charge on any atom is -0.288 e. The highest BCUT2D eigenvalue weighted by Gasteiger charge is 2.29. The molecule has 0 aromatic heterocycles. The van der Waals surface area contributed by atoms with Crippen LogP contribution in [-0.2, 0) is 6.54 Å². The van der Waals surface area contributed by atoms with E-state index in [1.807, 2.05) is 0 Å². The Balaban J connectivity index is 2.71. The van der Waals surface area contributed by atoms with E-state index in [1.165, 1.54) is 23.7 Å². The van der Waals surface area contributed by atoms with Gasteiger partial charge < -0.3 is 0 Å². The van der Waals surface area contributed by atoms with Crippen LogP contribution in [0.2, 0.25) is 0 Å². The number of hydrogen-bond acceptors (Lipinski definition) is 3. The molecule has 0 heterocycles. The van der Waals surface area contributed by atoms with Gasteiger partial charge in [-0.05, 0) is 29.5 Å². The lowest BCUT2D eigenvalue weighted by atomic mass is 10.2. The second kappa shape index (κ2) is 6.00. The van der Waals surface area contributed by atoms with E-state index < -0.39 is 5.51 Å². The Morgan fingerprint density at radius 3 is 2.75 bits per heavy atom. The second-order valence-corrected chi connectivity index (χ2v) is 4.23. The molecular formula is C10H8F3NS2. The maximum Gasteiger partial charge on any atom is 0.446 e. The Kier molecular flexibility index (Phi) is 4.95. The van der Waals surface area contributed by atoms with Crippen molar-refractivity contribution in [1.29, 1.82) is 0 Å². The quantitative estimate of drug-likeness (QED) is 0.464. The molecule has 0 saturated carbocycles. The SMILES string of the molecule is FC(F)(F)Sc1cccc(CN=CC=S)c1. The number of aliphatic imine (C=N–C) groups is 1. The zero-order valence-corrected chi connectivity index (χ0v) is 9.70. The van der Waals surface area contributed by atoms with Crippen LogP contribution in [0.3, 0.4) is 0 Å². The zero-order chi connectivity index (χ0) is 12.0. The summed E-state index contributed by atoms with van der Waals surface area (Å²) in [6, 6.07) is 6.20. The first-order valence-electron chi connectivity index (χ1n) is 4.29.